The van der Waals surface area contributed by atoms with Gasteiger partial charge in [0.2, 0.25) is 0 Å². The number of nitrogens with one attached hydrogen (secondary N) is 1. The maximum absolute atomic E-state index is 13.3. The highest BCUT2D eigenvalue weighted by Crippen LogP contribution is 2.43. The Labute approximate surface area is 171 Å². The van der Waals surface area contributed by atoms with Gasteiger partial charge in [0.1, 0.15) is 11.6 Å². The number of anilines is 1. The molecule has 2 aromatic rings. The van der Waals surface area contributed by atoms with Crippen molar-refractivity contribution >= 4 is 23.2 Å². The number of aryl methyl sites for hydroxylation is 2. The first-order valence-corrected chi connectivity index (χ1v) is 10.1. The van der Waals surface area contributed by atoms with Crippen LogP contribution in [0.15, 0.2) is 58.9 Å². The van der Waals surface area contributed by atoms with Gasteiger partial charge >= 0.3 is 0 Å². The van der Waals surface area contributed by atoms with Crippen LogP contribution in [0.4, 0.5) is 5.82 Å². The van der Waals surface area contributed by atoms with Gasteiger partial charge in [-0.05, 0) is 50.8 Å². The van der Waals surface area contributed by atoms with Crippen molar-refractivity contribution in [2.75, 3.05) is 5.32 Å². The number of hydrogen-bond acceptors (Lipinski definition) is 4. The molecule has 29 heavy (non-hydrogen) atoms. The van der Waals surface area contributed by atoms with E-state index in [2.05, 4.69) is 10.3 Å². The first-order valence-electron chi connectivity index (χ1n) is 10.1. The summed E-state index contributed by atoms with van der Waals surface area (Å²) in [7, 11) is 0. The molecule has 2 atom stereocenters. The third-order valence-electron chi connectivity index (χ3n) is 5.74. The van der Waals surface area contributed by atoms with Crippen LogP contribution in [0, 0.1) is 19.8 Å². The van der Waals surface area contributed by atoms with Crippen molar-refractivity contribution < 1.29 is 9.59 Å². The molecule has 2 heterocycles. The zero-order valence-electron chi connectivity index (χ0n) is 17.0. The molecule has 0 radical (unpaired) electrons. The molecular formula is C24H25N3O2. The minimum absolute atomic E-state index is 0.173. The predicted octanol–water partition coefficient (Wildman–Crippen LogP) is 4.52. The second kappa shape index (κ2) is 7.74. The molecule has 1 unspecified atom stereocenters. The highest BCUT2D eigenvalue weighted by atomic mass is 16.2. The van der Waals surface area contributed by atoms with Gasteiger partial charge < -0.3 is 5.32 Å². The van der Waals surface area contributed by atoms with Crippen LogP contribution in [0.25, 0.3) is 0 Å². The maximum atomic E-state index is 13.3. The summed E-state index contributed by atoms with van der Waals surface area (Å²) in [6.45, 7) is 5.84. The number of amides is 1. The van der Waals surface area contributed by atoms with Gasteiger partial charge in [-0.2, -0.15) is 0 Å². The fourth-order valence-electron chi connectivity index (χ4n) is 4.28. The molecule has 5 nitrogen and oxygen atoms in total. The molecule has 148 valence electrons. The first kappa shape index (κ1) is 19.2. The quantitative estimate of drug-likeness (QED) is 0.842. The number of carbonyl (C=O) groups excluding carboxylic acids is 2. The number of fused-ring (bicyclic) bond motifs is 1. The van der Waals surface area contributed by atoms with Crippen LogP contribution in [0.1, 0.15) is 48.8 Å². The van der Waals surface area contributed by atoms with Crippen molar-refractivity contribution in [2.24, 2.45) is 10.9 Å². The molecule has 0 bridgehead atoms. The monoisotopic (exact) mass is 387 g/mol. The maximum Gasteiger partial charge on any atom is 0.255 e. The summed E-state index contributed by atoms with van der Waals surface area (Å²) in [5.74, 6) is -0.256. The standard InChI is InChI=1S/C24H25N3O2/c1-14-7-10-17(11-8-14)22-21(24(29)27-20-12-9-15(2)13-25-20)16(3)26-18-5-4-6-19(28)23(18)22/h7-13,22-23H,4-6H2,1-3H3,(H,25,27,29)/t22-,23?/m1/s1. The molecule has 5 heteroatoms. The fraction of sp³-hybridized carbons (Fsp3) is 0.333. The van der Waals surface area contributed by atoms with Gasteiger partial charge in [0.15, 0.2) is 0 Å². The molecule has 4 rings (SSSR count). The van der Waals surface area contributed by atoms with Gasteiger partial charge in [-0.15, -0.1) is 0 Å². The molecular weight excluding hydrogens is 362 g/mol. The van der Waals surface area contributed by atoms with E-state index in [-0.39, 0.29) is 23.5 Å². The minimum Gasteiger partial charge on any atom is -0.307 e. The Morgan fingerprint density at radius 3 is 2.38 bits per heavy atom. The molecule has 2 aliphatic rings. The number of Topliss-reactive ketones (excluding diaryl/α,β-unsaturated/α-hetero) is 1. The highest BCUT2D eigenvalue weighted by Gasteiger charge is 2.43. The predicted molar refractivity (Wildman–Crippen MR) is 114 cm³/mol. The van der Waals surface area contributed by atoms with Crippen LogP contribution < -0.4 is 5.32 Å². The minimum atomic E-state index is -0.359. The molecule has 1 N–H and O–H groups in total. The van der Waals surface area contributed by atoms with E-state index < -0.39 is 0 Å². The summed E-state index contributed by atoms with van der Waals surface area (Å²) in [6.07, 6.45) is 3.90. The summed E-state index contributed by atoms with van der Waals surface area (Å²) in [5, 5.41) is 2.90. The third-order valence-corrected chi connectivity index (χ3v) is 5.74. The summed E-state index contributed by atoms with van der Waals surface area (Å²) in [4.78, 5) is 35.2. The number of pyridine rings is 1. The van der Waals surface area contributed by atoms with Crippen molar-refractivity contribution in [1.82, 2.24) is 4.98 Å². The van der Waals surface area contributed by atoms with Crippen LogP contribution in [-0.2, 0) is 9.59 Å². The zero-order valence-corrected chi connectivity index (χ0v) is 17.0. The lowest BCUT2D eigenvalue weighted by atomic mass is 9.69. The molecule has 1 aliphatic heterocycles. The molecule has 0 saturated heterocycles. The SMILES string of the molecule is CC1=C(C(=O)Nc2ccc(C)cn2)[C@@H](c2ccc(C)cc2)C2C(=O)CCCC2=N1. The summed E-state index contributed by atoms with van der Waals surface area (Å²) < 4.78 is 0. The van der Waals surface area contributed by atoms with Crippen LogP contribution in [0.3, 0.4) is 0 Å². The van der Waals surface area contributed by atoms with Gasteiger partial charge in [-0.1, -0.05) is 35.9 Å². The largest absolute Gasteiger partial charge is 0.307 e. The number of aliphatic imine (C=N–C) groups is 1. The van der Waals surface area contributed by atoms with Gasteiger partial charge in [-0.3, -0.25) is 14.6 Å². The Bertz CT molecular complexity index is 1020. The highest BCUT2D eigenvalue weighted by molar-refractivity contribution is 6.13. The summed E-state index contributed by atoms with van der Waals surface area (Å²) in [5.41, 5.74) is 5.29. The summed E-state index contributed by atoms with van der Waals surface area (Å²) >= 11 is 0. The Balaban J connectivity index is 1.77. The molecule has 1 aromatic heterocycles. The summed E-state index contributed by atoms with van der Waals surface area (Å²) in [6, 6.07) is 11.8. The second-order valence-electron chi connectivity index (χ2n) is 7.96. The van der Waals surface area contributed by atoms with E-state index in [1.165, 1.54) is 0 Å². The van der Waals surface area contributed by atoms with Crippen LogP contribution in [0.5, 0.6) is 0 Å². The number of hydrogen-bond donors (Lipinski definition) is 1. The lowest BCUT2D eigenvalue weighted by molar-refractivity contribution is -0.122. The number of carbonyl (C=O) groups is 2. The average molecular weight is 387 g/mol. The fourth-order valence-corrected chi connectivity index (χ4v) is 4.28. The van der Waals surface area contributed by atoms with E-state index in [0.29, 0.717) is 23.5 Å². The van der Waals surface area contributed by atoms with E-state index >= 15 is 0 Å². The third kappa shape index (κ3) is 3.77. The number of benzene rings is 1. The number of rotatable bonds is 3. The molecule has 0 spiro atoms. The van der Waals surface area contributed by atoms with Gasteiger partial charge in [-0.25, -0.2) is 4.98 Å². The van der Waals surface area contributed by atoms with E-state index in [4.69, 9.17) is 4.99 Å². The first-order chi connectivity index (χ1) is 13.9. The van der Waals surface area contributed by atoms with Gasteiger partial charge in [0.25, 0.3) is 5.91 Å². The van der Waals surface area contributed by atoms with Gasteiger partial charge in [0.05, 0.1) is 5.92 Å². The van der Waals surface area contributed by atoms with Crippen LogP contribution >= 0.6 is 0 Å². The topological polar surface area (TPSA) is 71.4 Å². The average Bonchev–Trinajstić information content (AvgIpc) is 2.69. The van der Waals surface area contributed by atoms with E-state index in [0.717, 1.165) is 35.2 Å². The van der Waals surface area contributed by atoms with Crippen LogP contribution in [-0.4, -0.2) is 22.4 Å². The van der Waals surface area contributed by atoms with E-state index in [1.54, 1.807) is 12.3 Å². The van der Waals surface area contributed by atoms with Crippen molar-refractivity contribution in [3.05, 3.63) is 70.6 Å². The molecule has 1 amide bonds. The molecule has 1 aliphatic carbocycles. The molecule has 1 saturated carbocycles. The molecule has 1 aromatic carbocycles. The smallest absolute Gasteiger partial charge is 0.255 e. The van der Waals surface area contributed by atoms with Crippen LogP contribution in [0.2, 0.25) is 0 Å². The molecule has 1 fully saturated rings. The number of ketones is 1. The van der Waals surface area contributed by atoms with Crippen molar-refractivity contribution in [1.29, 1.82) is 0 Å². The normalized spacial score (nSPS) is 21.5. The number of aromatic nitrogens is 1. The van der Waals surface area contributed by atoms with E-state index in [9.17, 15) is 9.59 Å². The Morgan fingerprint density at radius 1 is 0.966 bits per heavy atom. The Hall–Kier alpha value is -3.08. The lowest BCUT2D eigenvalue weighted by Crippen LogP contribution is -2.39. The number of nitrogens with zero attached hydrogens (tertiary/aromatic N) is 2. The van der Waals surface area contributed by atoms with Crippen molar-refractivity contribution in [3.63, 3.8) is 0 Å². The lowest BCUT2D eigenvalue weighted by Gasteiger charge is -2.36. The van der Waals surface area contributed by atoms with Crippen molar-refractivity contribution in [2.45, 2.75) is 46.0 Å². The Kier molecular flexibility index (Phi) is 5.14. The number of allylic oxidation sites excluding steroid dienone is 1. The zero-order chi connectivity index (χ0) is 20.5. The van der Waals surface area contributed by atoms with Crippen molar-refractivity contribution in [3.8, 4) is 0 Å². The second-order valence-corrected chi connectivity index (χ2v) is 7.96. The Morgan fingerprint density at radius 2 is 1.69 bits per heavy atom. The van der Waals surface area contributed by atoms with Gasteiger partial charge in [0, 0.05) is 35.5 Å². The van der Waals surface area contributed by atoms with E-state index in [1.807, 2.05) is 51.1 Å².